The van der Waals surface area contributed by atoms with Crippen LogP contribution in [0.25, 0.3) is 33.2 Å². The van der Waals surface area contributed by atoms with Gasteiger partial charge in [0, 0.05) is 73.5 Å². The van der Waals surface area contributed by atoms with Gasteiger partial charge in [-0.25, -0.2) is 0 Å². The van der Waals surface area contributed by atoms with Gasteiger partial charge in [0.15, 0.2) is 0 Å². The Labute approximate surface area is 266 Å². The number of fused-ring (bicyclic) bond motifs is 2. The number of hydrogen-bond donors (Lipinski definition) is 2. The molecule has 0 aliphatic carbocycles. The lowest BCUT2D eigenvalue weighted by molar-refractivity contribution is -0.147. The number of carbonyl (C=O) groups is 2. The Hall–Kier alpha value is -5.32. The number of pyridine rings is 2. The molecular weight excluding hydrogens is 580 g/mol. The molecule has 10 nitrogen and oxygen atoms in total. The Morgan fingerprint density at radius 2 is 1.09 bits per heavy atom. The van der Waals surface area contributed by atoms with E-state index in [2.05, 4.69) is 9.97 Å². The molecule has 0 spiro atoms. The minimum absolute atomic E-state index is 0.0451. The van der Waals surface area contributed by atoms with E-state index in [1.165, 1.54) is 0 Å². The summed E-state index contributed by atoms with van der Waals surface area (Å²) in [5, 5.41) is 2.14. The molecule has 46 heavy (non-hydrogen) atoms. The fourth-order valence-electron chi connectivity index (χ4n) is 5.75. The van der Waals surface area contributed by atoms with Crippen molar-refractivity contribution in [3.63, 3.8) is 0 Å². The lowest BCUT2D eigenvalue weighted by atomic mass is 10.1. The van der Waals surface area contributed by atoms with Crippen molar-refractivity contribution in [1.82, 2.24) is 19.1 Å². The third-order valence-electron chi connectivity index (χ3n) is 8.12. The first-order chi connectivity index (χ1) is 22.3. The summed E-state index contributed by atoms with van der Waals surface area (Å²) in [7, 11) is 3.94. The molecule has 0 amide bonds. The molecule has 6 rings (SSSR count). The van der Waals surface area contributed by atoms with Crippen LogP contribution in [-0.2, 0) is 59.2 Å². The molecule has 2 unspecified atom stereocenters. The van der Waals surface area contributed by atoms with Crippen LogP contribution in [0, 0.1) is 0 Å². The molecule has 4 aromatic heterocycles. The number of nitrogens with two attached hydrogens (primary N) is 2. The van der Waals surface area contributed by atoms with E-state index in [0.29, 0.717) is 24.2 Å². The SMILES string of the molecule is Cn1cc(CC(N)C(=O)OCc2ccnc(-c3cc(COC(=O)C(N)Cc4cn(C)c5ccccc45)ccn3)c2)c2ccccc21. The number of esters is 2. The molecule has 10 heteroatoms. The quantitative estimate of drug-likeness (QED) is 0.205. The first-order valence-corrected chi connectivity index (χ1v) is 15.1. The van der Waals surface area contributed by atoms with E-state index in [1.807, 2.05) is 96.3 Å². The summed E-state index contributed by atoms with van der Waals surface area (Å²) in [6, 6.07) is 21.6. The maximum atomic E-state index is 12.8. The third-order valence-corrected chi connectivity index (χ3v) is 8.12. The summed E-state index contributed by atoms with van der Waals surface area (Å²) >= 11 is 0. The second kappa shape index (κ2) is 13.4. The standard InChI is InChI=1S/C36H36N6O4/c1-41-19-25(27-7-3-5-9-33(27)41)17-29(37)35(43)45-21-23-11-13-39-31(15-23)32-16-24(12-14-40-32)22-46-36(44)30(38)18-26-20-42(2)34-10-6-4-8-28(26)34/h3-16,19-20,29-30H,17-18,21-22,37-38H2,1-2H3. The topological polar surface area (TPSA) is 140 Å². The number of hydrogen-bond acceptors (Lipinski definition) is 8. The van der Waals surface area contributed by atoms with E-state index in [9.17, 15) is 9.59 Å². The van der Waals surface area contributed by atoms with E-state index in [-0.39, 0.29) is 13.2 Å². The first-order valence-electron chi connectivity index (χ1n) is 15.1. The van der Waals surface area contributed by atoms with Crippen LogP contribution < -0.4 is 11.5 Å². The minimum Gasteiger partial charge on any atom is -0.460 e. The van der Waals surface area contributed by atoms with Crippen molar-refractivity contribution in [2.45, 2.75) is 38.1 Å². The van der Waals surface area contributed by atoms with Gasteiger partial charge >= 0.3 is 11.9 Å². The van der Waals surface area contributed by atoms with Crippen LogP contribution in [0.4, 0.5) is 0 Å². The minimum atomic E-state index is -0.798. The van der Waals surface area contributed by atoms with Crippen LogP contribution in [0.1, 0.15) is 22.3 Å². The van der Waals surface area contributed by atoms with Gasteiger partial charge in [0.05, 0.1) is 11.4 Å². The van der Waals surface area contributed by atoms with Crippen LogP contribution in [0.2, 0.25) is 0 Å². The van der Waals surface area contributed by atoms with Gasteiger partial charge in [-0.3, -0.25) is 19.6 Å². The largest absolute Gasteiger partial charge is 0.460 e. The van der Waals surface area contributed by atoms with Crippen molar-refractivity contribution in [2.24, 2.45) is 25.6 Å². The summed E-state index contributed by atoms with van der Waals surface area (Å²) in [4.78, 5) is 34.4. The molecule has 0 bridgehead atoms. The number of aromatic nitrogens is 4. The number of aryl methyl sites for hydroxylation is 2. The molecule has 0 fully saturated rings. The zero-order valence-corrected chi connectivity index (χ0v) is 25.8. The molecule has 0 aliphatic rings. The van der Waals surface area contributed by atoms with Gasteiger partial charge in [-0.2, -0.15) is 0 Å². The van der Waals surface area contributed by atoms with Gasteiger partial charge in [0.25, 0.3) is 0 Å². The monoisotopic (exact) mass is 616 g/mol. The van der Waals surface area contributed by atoms with Gasteiger partial charge < -0.3 is 30.1 Å². The molecule has 4 N–H and O–H groups in total. The molecule has 234 valence electrons. The highest BCUT2D eigenvalue weighted by Gasteiger charge is 2.20. The Morgan fingerprint density at radius 3 is 1.52 bits per heavy atom. The summed E-state index contributed by atoms with van der Waals surface area (Å²) in [5.41, 5.74) is 19.3. The summed E-state index contributed by atoms with van der Waals surface area (Å²) in [6.07, 6.45) is 8.00. The molecule has 0 aliphatic heterocycles. The van der Waals surface area contributed by atoms with Crippen LogP contribution >= 0.6 is 0 Å². The summed E-state index contributed by atoms with van der Waals surface area (Å²) < 4.78 is 15.2. The zero-order valence-electron chi connectivity index (χ0n) is 25.8. The maximum absolute atomic E-state index is 12.8. The predicted octanol–water partition coefficient (Wildman–Crippen LogP) is 4.35. The third kappa shape index (κ3) is 6.68. The van der Waals surface area contributed by atoms with E-state index in [1.54, 1.807) is 24.5 Å². The maximum Gasteiger partial charge on any atom is 0.323 e. The van der Waals surface area contributed by atoms with Gasteiger partial charge in [-0.1, -0.05) is 36.4 Å². The van der Waals surface area contributed by atoms with E-state index in [0.717, 1.165) is 44.1 Å². The predicted molar refractivity (Wildman–Crippen MR) is 176 cm³/mol. The number of ether oxygens (including phenoxy) is 2. The highest BCUT2D eigenvalue weighted by Crippen LogP contribution is 2.23. The summed E-state index contributed by atoms with van der Waals surface area (Å²) in [6.45, 7) is 0.0902. The molecular formula is C36H36N6O4. The Morgan fingerprint density at radius 1 is 0.674 bits per heavy atom. The number of benzene rings is 2. The van der Waals surface area contributed by atoms with Crippen LogP contribution in [-0.4, -0.2) is 43.1 Å². The normalized spacial score (nSPS) is 12.7. The molecule has 6 aromatic rings. The molecule has 2 atom stereocenters. The Bertz CT molecular complexity index is 1880. The van der Waals surface area contributed by atoms with Gasteiger partial charge in [0.2, 0.25) is 0 Å². The molecule has 0 radical (unpaired) electrons. The van der Waals surface area contributed by atoms with E-state index in [4.69, 9.17) is 20.9 Å². The molecule has 0 saturated heterocycles. The van der Waals surface area contributed by atoms with Gasteiger partial charge in [-0.05, 0) is 58.7 Å². The van der Waals surface area contributed by atoms with Gasteiger partial charge in [0.1, 0.15) is 25.3 Å². The van der Waals surface area contributed by atoms with Crippen molar-refractivity contribution >= 4 is 33.7 Å². The van der Waals surface area contributed by atoms with Crippen molar-refractivity contribution in [1.29, 1.82) is 0 Å². The summed E-state index contributed by atoms with van der Waals surface area (Å²) in [5.74, 6) is -0.959. The lowest BCUT2D eigenvalue weighted by Gasteiger charge is -2.12. The first kappa shape index (κ1) is 30.7. The average Bonchev–Trinajstić information content (AvgIpc) is 3.57. The Kier molecular flexibility index (Phi) is 8.91. The van der Waals surface area contributed by atoms with E-state index >= 15 is 0 Å². The molecule has 2 aromatic carbocycles. The van der Waals surface area contributed by atoms with Gasteiger partial charge in [-0.15, -0.1) is 0 Å². The van der Waals surface area contributed by atoms with Crippen LogP contribution in [0.3, 0.4) is 0 Å². The smallest absolute Gasteiger partial charge is 0.323 e. The van der Waals surface area contributed by atoms with Crippen LogP contribution in [0.15, 0.2) is 97.6 Å². The lowest BCUT2D eigenvalue weighted by Crippen LogP contribution is -2.34. The second-order valence-electron chi connectivity index (χ2n) is 11.5. The highest BCUT2D eigenvalue weighted by atomic mass is 16.5. The van der Waals surface area contributed by atoms with Crippen LogP contribution in [0.5, 0.6) is 0 Å². The average molecular weight is 617 g/mol. The fourth-order valence-corrected chi connectivity index (χ4v) is 5.75. The molecule has 0 saturated carbocycles. The second-order valence-corrected chi connectivity index (χ2v) is 11.5. The number of carbonyl (C=O) groups excluding carboxylic acids is 2. The van der Waals surface area contributed by atoms with Crippen molar-refractivity contribution in [2.75, 3.05) is 0 Å². The van der Waals surface area contributed by atoms with Crippen molar-refractivity contribution in [3.8, 4) is 11.4 Å². The van der Waals surface area contributed by atoms with Crippen molar-refractivity contribution < 1.29 is 19.1 Å². The number of para-hydroxylation sites is 2. The van der Waals surface area contributed by atoms with E-state index < -0.39 is 24.0 Å². The number of nitrogens with zero attached hydrogens (tertiary/aromatic N) is 4. The fraction of sp³-hybridized carbons (Fsp3) is 0.222. The van der Waals surface area contributed by atoms with Crippen molar-refractivity contribution in [3.05, 3.63) is 120 Å². The Balaban J connectivity index is 1.04. The molecule has 4 heterocycles. The highest BCUT2D eigenvalue weighted by molar-refractivity contribution is 5.86. The zero-order chi connectivity index (χ0) is 32.2. The number of rotatable bonds is 11.